The zero-order chi connectivity index (χ0) is 29.8. The van der Waals surface area contributed by atoms with Gasteiger partial charge in [-0.15, -0.1) is 0 Å². The predicted molar refractivity (Wildman–Crippen MR) is 185 cm³/mol. The van der Waals surface area contributed by atoms with Crippen LogP contribution in [0, 0.1) is 5.41 Å². The van der Waals surface area contributed by atoms with Crippen molar-refractivity contribution in [3.05, 3.63) is 118 Å². The topological polar surface area (TPSA) is 0 Å². The van der Waals surface area contributed by atoms with Crippen LogP contribution in [0.4, 0.5) is 0 Å². The van der Waals surface area contributed by atoms with Crippen LogP contribution in [0.15, 0.2) is 96.1 Å². The molecule has 0 bridgehead atoms. The first-order valence-electron chi connectivity index (χ1n) is 17.0. The van der Waals surface area contributed by atoms with E-state index in [-0.39, 0.29) is 5.41 Å². The van der Waals surface area contributed by atoms with E-state index >= 15 is 0 Å². The van der Waals surface area contributed by atoms with Crippen molar-refractivity contribution in [3.63, 3.8) is 0 Å². The van der Waals surface area contributed by atoms with Gasteiger partial charge in [0.2, 0.25) is 0 Å². The first-order chi connectivity index (χ1) is 21.0. The third-order valence-electron chi connectivity index (χ3n) is 11.9. The van der Waals surface area contributed by atoms with Crippen LogP contribution in [-0.4, -0.2) is 0 Å². The van der Waals surface area contributed by atoms with Crippen molar-refractivity contribution in [2.75, 3.05) is 0 Å². The molecule has 0 saturated carbocycles. The van der Waals surface area contributed by atoms with Crippen LogP contribution in [0.2, 0.25) is 16.2 Å². The quantitative estimate of drug-likeness (QED) is 0.143. The zero-order valence-corrected chi connectivity index (χ0v) is 30.5. The van der Waals surface area contributed by atoms with E-state index in [1.54, 1.807) is 30.6 Å². The van der Waals surface area contributed by atoms with Crippen LogP contribution < -0.4 is 0 Å². The maximum atomic E-state index is 2.64. The molecule has 4 aromatic carbocycles. The van der Waals surface area contributed by atoms with Crippen molar-refractivity contribution in [2.24, 2.45) is 5.41 Å². The Morgan fingerprint density at radius 2 is 1.51 bits per heavy atom. The van der Waals surface area contributed by atoms with Crippen molar-refractivity contribution < 1.29 is 20.0 Å². The van der Waals surface area contributed by atoms with Crippen molar-refractivity contribution in [2.45, 2.75) is 88.3 Å². The second-order valence-corrected chi connectivity index (χ2v) is 32.0. The summed E-state index contributed by atoms with van der Waals surface area (Å²) in [6.07, 6.45) is 10.4. The van der Waals surface area contributed by atoms with Crippen molar-refractivity contribution in [1.29, 1.82) is 0 Å². The standard InChI is InChI=1S/C35H33.C4H9.C3H6.Hf/c1-5-24-22-32-28(25-13-8-7-9-14-25)17-12-18-29(32)34(24)35(4,6-2)33-23(3)21-31-27-16-11-10-15-26(27)19-20-30(31)33;1-3-4-2;1-3-2;/h7-22,33-34H,4-6H2,1-3H3;1,3-4H2,2H3;3H,1H2,2H3;. The molecule has 3 aliphatic rings. The maximum absolute atomic E-state index is 2.64. The molecule has 1 fully saturated rings. The van der Waals surface area contributed by atoms with Gasteiger partial charge in [-0.1, -0.05) is 0 Å². The molecule has 1 heteroatoms. The zero-order valence-electron chi connectivity index (χ0n) is 26.9. The molecule has 220 valence electrons. The molecule has 0 aromatic heterocycles. The molecule has 4 aromatic rings. The second kappa shape index (κ2) is 11.4. The predicted octanol–water partition coefficient (Wildman–Crippen LogP) is 13.0. The van der Waals surface area contributed by atoms with Gasteiger partial charge < -0.3 is 0 Å². The summed E-state index contributed by atoms with van der Waals surface area (Å²) in [7, 11) is 0. The van der Waals surface area contributed by atoms with Crippen molar-refractivity contribution in [3.8, 4) is 11.1 Å². The van der Waals surface area contributed by atoms with Crippen LogP contribution in [-0.2, 0) is 20.0 Å². The number of allylic oxidation sites excluding steroid dienone is 2. The Labute approximate surface area is 264 Å². The SMILES string of the molecule is CCC[CH2][Hf]1([CH2]C(CC)(C2C(CC)=Cc3c(-c4ccccc4)cccc32)C2C(C)=Cc3c2ccc2ccccc32)[CH2][CH]1C. The van der Waals surface area contributed by atoms with Gasteiger partial charge in [0.15, 0.2) is 0 Å². The monoisotopic (exact) mass is 732 g/mol. The molecule has 2 aliphatic carbocycles. The normalized spacial score (nSPS) is 25.2. The average molecular weight is 731 g/mol. The van der Waals surface area contributed by atoms with Gasteiger partial charge in [-0.3, -0.25) is 0 Å². The van der Waals surface area contributed by atoms with Crippen LogP contribution >= 0.6 is 0 Å². The van der Waals surface area contributed by atoms with Crippen molar-refractivity contribution in [1.82, 2.24) is 0 Å². The molecule has 43 heavy (non-hydrogen) atoms. The van der Waals surface area contributed by atoms with E-state index in [2.05, 4.69) is 132 Å². The van der Waals surface area contributed by atoms with Gasteiger partial charge in [0.25, 0.3) is 0 Å². The molecule has 1 heterocycles. The van der Waals surface area contributed by atoms with Crippen LogP contribution in [0.3, 0.4) is 0 Å². The van der Waals surface area contributed by atoms with E-state index in [4.69, 9.17) is 0 Å². The fourth-order valence-corrected chi connectivity index (χ4v) is 37.9. The Kier molecular flexibility index (Phi) is 7.78. The minimum atomic E-state index is -2.47. The number of hydrogen-bond donors (Lipinski definition) is 0. The van der Waals surface area contributed by atoms with Gasteiger partial charge in [-0.25, -0.2) is 0 Å². The summed E-state index contributed by atoms with van der Waals surface area (Å²) in [5.74, 6) is 0.966. The van der Waals surface area contributed by atoms with Gasteiger partial charge in [0.1, 0.15) is 0 Å². The summed E-state index contributed by atoms with van der Waals surface area (Å²) in [5, 5.41) is 2.80. The summed E-state index contributed by atoms with van der Waals surface area (Å²) in [4.78, 5) is 0. The molecule has 5 unspecified atom stereocenters. The fourth-order valence-electron chi connectivity index (χ4n) is 9.69. The number of fused-ring (bicyclic) bond motifs is 4. The Bertz CT molecular complexity index is 1720. The molecule has 0 amide bonds. The van der Waals surface area contributed by atoms with E-state index in [0.717, 1.165) is 10.1 Å². The fraction of sp³-hybridized carbons (Fsp3) is 0.381. The second-order valence-electron chi connectivity index (χ2n) is 14.1. The Hall–Kier alpha value is -2.51. The van der Waals surface area contributed by atoms with Crippen LogP contribution in [0.25, 0.3) is 34.1 Å². The third kappa shape index (κ3) is 4.72. The van der Waals surface area contributed by atoms with Crippen LogP contribution in [0.1, 0.15) is 94.4 Å². The summed E-state index contributed by atoms with van der Waals surface area (Å²) in [6, 6.07) is 32.3. The van der Waals surface area contributed by atoms with Crippen LogP contribution in [0.5, 0.6) is 0 Å². The van der Waals surface area contributed by atoms with E-state index in [1.165, 1.54) is 56.5 Å². The molecule has 1 saturated heterocycles. The molecule has 0 spiro atoms. The van der Waals surface area contributed by atoms with E-state index in [1.807, 2.05) is 0 Å². The van der Waals surface area contributed by atoms with Gasteiger partial charge >= 0.3 is 266 Å². The van der Waals surface area contributed by atoms with E-state index in [0.29, 0.717) is 11.8 Å². The molecule has 1 aliphatic heterocycles. The summed E-state index contributed by atoms with van der Waals surface area (Å²) in [6.45, 7) is 12.5. The first-order valence-corrected chi connectivity index (χ1v) is 26.7. The number of unbranched alkanes of at least 4 members (excludes halogenated alkanes) is 1. The average Bonchev–Trinajstić information content (AvgIpc) is 3.34. The number of benzene rings is 4. The van der Waals surface area contributed by atoms with Gasteiger partial charge in [0, 0.05) is 0 Å². The summed E-state index contributed by atoms with van der Waals surface area (Å²) >= 11 is -2.47. The Morgan fingerprint density at radius 1 is 0.767 bits per heavy atom. The molecular formula is C42H48Hf. The molecule has 0 N–H and O–H groups in total. The molecule has 0 radical (unpaired) electrons. The first kappa shape index (κ1) is 29.2. The molecule has 5 atom stereocenters. The third-order valence-corrected chi connectivity index (χ3v) is 33.1. The molecular weight excluding hydrogens is 683 g/mol. The number of rotatable bonds is 10. The molecule has 7 rings (SSSR count). The van der Waals surface area contributed by atoms with Crippen molar-refractivity contribution >= 4 is 22.9 Å². The number of hydrogen-bond acceptors (Lipinski definition) is 0. The Morgan fingerprint density at radius 3 is 2.23 bits per heavy atom. The van der Waals surface area contributed by atoms with Gasteiger partial charge in [0.05, 0.1) is 0 Å². The molecule has 0 nitrogen and oxygen atoms in total. The van der Waals surface area contributed by atoms with E-state index in [9.17, 15) is 0 Å². The minimum absolute atomic E-state index is 0.219. The Balaban J connectivity index is 1.45. The van der Waals surface area contributed by atoms with Gasteiger partial charge in [-0.05, 0) is 0 Å². The summed E-state index contributed by atoms with van der Waals surface area (Å²) < 4.78 is 5.79. The van der Waals surface area contributed by atoms with Gasteiger partial charge in [-0.2, -0.15) is 0 Å². The van der Waals surface area contributed by atoms with E-state index < -0.39 is 20.0 Å². The summed E-state index contributed by atoms with van der Waals surface area (Å²) in [5.41, 5.74) is 12.5.